The van der Waals surface area contributed by atoms with Gasteiger partial charge in [-0.25, -0.2) is 4.98 Å². The summed E-state index contributed by atoms with van der Waals surface area (Å²) in [7, 11) is 0. The molecule has 19 heavy (non-hydrogen) atoms. The molecule has 4 nitrogen and oxygen atoms in total. The number of hydrogen-bond donors (Lipinski definition) is 1. The summed E-state index contributed by atoms with van der Waals surface area (Å²) in [6, 6.07) is 4.79. The summed E-state index contributed by atoms with van der Waals surface area (Å²) in [5.41, 5.74) is 3.50. The predicted molar refractivity (Wildman–Crippen MR) is 76.2 cm³/mol. The number of aromatic nitrogens is 3. The zero-order valence-electron chi connectivity index (χ0n) is 11.6. The van der Waals surface area contributed by atoms with Crippen LogP contribution < -0.4 is 5.32 Å². The molecule has 4 heteroatoms. The molecule has 2 aromatic heterocycles. The summed E-state index contributed by atoms with van der Waals surface area (Å²) in [4.78, 5) is 9.03. The fourth-order valence-corrected chi connectivity index (χ4v) is 2.39. The third kappa shape index (κ3) is 2.62. The van der Waals surface area contributed by atoms with Crippen molar-refractivity contribution < 1.29 is 0 Å². The highest BCUT2D eigenvalue weighted by molar-refractivity contribution is 5.33. The van der Waals surface area contributed by atoms with Gasteiger partial charge in [-0.1, -0.05) is 13.0 Å². The molecule has 1 N–H and O–H groups in total. The van der Waals surface area contributed by atoms with Crippen molar-refractivity contribution in [3.63, 3.8) is 0 Å². The number of nitrogens with zero attached hydrogens (tertiary/aromatic N) is 3. The fraction of sp³-hybridized carbons (Fsp3) is 0.467. The molecule has 3 rings (SSSR count). The molecule has 0 spiro atoms. The maximum Gasteiger partial charge on any atom is 0.203 e. The molecular weight excluding hydrogens is 236 g/mol. The molecule has 0 saturated heterocycles. The van der Waals surface area contributed by atoms with E-state index in [0.717, 1.165) is 30.3 Å². The Bertz CT molecular complexity index is 569. The van der Waals surface area contributed by atoms with Crippen LogP contribution in [0, 0.1) is 6.92 Å². The highest BCUT2D eigenvalue weighted by Crippen LogP contribution is 2.37. The first kappa shape index (κ1) is 12.2. The van der Waals surface area contributed by atoms with Gasteiger partial charge < -0.3 is 9.88 Å². The van der Waals surface area contributed by atoms with Gasteiger partial charge in [0.2, 0.25) is 5.95 Å². The number of nitrogens with one attached hydrogen (secondary N) is 1. The largest absolute Gasteiger partial charge is 0.350 e. The van der Waals surface area contributed by atoms with Crippen molar-refractivity contribution in [3.8, 4) is 0 Å². The van der Waals surface area contributed by atoms with Crippen molar-refractivity contribution >= 4 is 5.95 Å². The summed E-state index contributed by atoms with van der Waals surface area (Å²) in [5.74, 6) is 0.979. The first-order valence-electron chi connectivity index (χ1n) is 7.00. The topological polar surface area (TPSA) is 42.7 Å². The highest BCUT2D eigenvalue weighted by atomic mass is 15.2. The number of imidazole rings is 1. The molecule has 2 heterocycles. The minimum absolute atomic E-state index is 0.651. The molecule has 2 aromatic rings. The van der Waals surface area contributed by atoms with Crippen molar-refractivity contribution in [2.75, 3.05) is 5.32 Å². The van der Waals surface area contributed by atoms with E-state index in [0.29, 0.717) is 6.04 Å². The minimum Gasteiger partial charge on any atom is -0.350 e. The van der Waals surface area contributed by atoms with Crippen molar-refractivity contribution in [2.45, 2.75) is 45.7 Å². The standard InChI is InChI=1S/C15H20N4/c1-3-12-5-4-8-16-14(12)9-17-15-18-11(2)10-19(15)13-6-7-13/h4-5,8,10,13H,3,6-7,9H2,1-2H3,(H,17,18). The van der Waals surface area contributed by atoms with E-state index >= 15 is 0 Å². The van der Waals surface area contributed by atoms with Gasteiger partial charge in [-0.05, 0) is 37.8 Å². The average Bonchev–Trinajstić information content (AvgIpc) is 3.20. The molecule has 0 aromatic carbocycles. The lowest BCUT2D eigenvalue weighted by molar-refractivity contribution is 0.741. The van der Waals surface area contributed by atoms with Gasteiger partial charge in [0, 0.05) is 18.4 Å². The summed E-state index contributed by atoms with van der Waals surface area (Å²) in [6.45, 7) is 4.95. The molecule has 1 fully saturated rings. The quantitative estimate of drug-likeness (QED) is 0.894. The molecular formula is C15H20N4. The normalized spacial score (nSPS) is 14.6. The molecule has 0 bridgehead atoms. The first-order valence-corrected chi connectivity index (χ1v) is 7.00. The fourth-order valence-electron chi connectivity index (χ4n) is 2.39. The third-order valence-corrected chi connectivity index (χ3v) is 3.57. The van der Waals surface area contributed by atoms with Crippen LogP contribution >= 0.6 is 0 Å². The number of pyridine rings is 1. The average molecular weight is 256 g/mol. The Kier molecular flexibility index (Phi) is 3.23. The van der Waals surface area contributed by atoms with E-state index in [1.807, 2.05) is 19.2 Å². The van der Waals surface area contributed by atoms with Gasteiger partial charge in [0.05, 0.1) is 17.9 Å². The van der Waals surface area contributed by atoms with E-state index in [-0.39, 0.29) is 0 Å². The number of anilines is 1. The Hall–Kier alpha value is -1.84. The van der Waals surface area contributed by atoms with Gasteiger partial charge in [0.25, 0.3) is 0 Å². The van der Waals surface area contributed by atoms with E-state index in [2.05, 4.69) is 39.0 Å². The van der Waals surface area contributed by atoms with Crippen molar-refractivity contribution in [2.24, 2.45) is 0 Å². The zero-order valence-corrected chi connectivity index (χ0v) is 11.6. The van der Waals surface area contributed by atoms with Crippen molar-refractivity contribution in [1.82, 2.24) is 14.5 Å². The van der Waals surface area contributed by atoms with Crippen LogP contribution in [0.1, 0.15) is 42.8 Å². The maximum absolute atomic E-state index is 4.57. The van der Waals surface area contributed by atoms with Gasteiger partial charge in [-0.3, -0.25) is 4.98 Å². The van der Waals surface area contributed by atoms with Gasteiger partial charge in [-0.15, -0.1) is 0 Å². The molecule has 0 aliphatic heterocycles. The van der Waals surface area contributed by atoms with E-state index in [4.69, 9.17) is 0 Å². The Balaban J connectivity index is 1.75. The van der Waals surface area contributed by atoms with Crippen LogP contribution in [-0.2, 0) is 13.0 Å². The van der Waals surface area contributed by atoms with E-state index in [1.54, 1.807) is 0 Å². The van der Waals surface area contributed by atoms with Crippen LogP contribution in [0.4, 0.5) is 5.95 Å². The van der Waals surface area contributed by atoms with Crippen LogP contribution in [0.25, 0.3) is 0 Å². The first-order chi connectivity index (χ1) is 9.28. The van der Waals surface area contributed by atoms with E-state index in [9.17, 15) is 0 Å². The number of rotatable bonds is 5. The lowest BCUT2D eigenvalue weighted by Crippen LogP contribution is -2.09. The van der Waals surface area contributed by atoms with E-state index in [1.165, 1.54) is 18.4 Å². The summed E-state index contributed by atoms with van der Waals surface area (Å²) in [6.07, 6.45) is 7.55. The van der Waals surface area contributed by atoms with Crippen LogP contribution in [0.5, 0.6) is 0 Å². The van der Waals surface area contributed by atoms with Crippen LogP contribution in [0.3, 0.4) is 0 Å². The van der Waals surface area contributed by atoms with Gasteiger partial charge in [0.15, 0.2) is 0 Å². The monoisotopic (exact) mass is 256 g/mol. The van der Waals surface area contributed by atoms with Gasteiger partial charge >= 0.3 is 0 Å². The third-order valence-electron chi connectivity index (χ3n) is 3.57. The SMILES string of the molecule is CCc1cccnc1CNc1nc(C)cn1C1CC1. The molecule has 100 valence electrons. The summed E-state index contributed by atoms with van der Waals surface area (Å²) < 4.78 is 2.27. The van der Waals surface area contributed by atoms with Crippen LogP contribution in [0.2, 0.25) is 0 Å². The number of hydrogen-bond acceptors (Lipinski definition) is 3. The van der Waals surface area contributed by atoms with Crippen LogP contribution in [-0.4, -0.2) is 14.5 Å². The molecule has 0 atom stereocenters. The predicted octanol–water partition coefficient (Wildman–Crippen LogP) is 3.10. The minimum atomic E-state index is 0.651. The molecule has 1 saturated carbocycles. The van der Waals surface area contributed by atoms with Crippen molar-refractivity contribution in [3.05, 3.63) is 41.5 Å². The Morgan fingerprint density at radius 2 is 2.26 bits per heavy atom. The number of aryl methyl sites for hydroxylation is 2. The lowest BCUT2D eigenvalue weighted by Gasteiger charge is -2.10. The molecule has 0 unspecified atom stereocenters. The zero-order chi connectivity index (χ0) is 13.2. The van der Waals surface area contributed by atoms with Crippen LogP contribution in [0.15, 0.2) is 24.5 Å². The summed E-state index contributed by atoms with van der Waals surface area (Å²) in [5, 5.41) is 3.44. The Morgan fingerprint density at radius 3 is 3.00 bits per heavy atom. The van der Waals surface area contributed by atoms with Crippen molar-refractivity contribution in [1.29, 1.82) is 0 Å². The second-order valence-electron chi connectivity index (χ2n) is 5.16. The summed E-state index contributed by atoms with van der Waals surface area (Å²) >= 11 is 0. The lowest BCUT2D eigenvalue weighted by atomic mass is 10.1. The Labute approximate surface area is 113 Å². The molecule has 1 aliphatic carbocycles. The maximum atomic E-state index is 4.57. The van der Waals surface area contributed by atoms with E-state index < -0.39 is 0 Å². The molecule has 0 amide bonds. The highest BCUT2D eigenvalue weighted by Gasteiger charge is 2.26. The second-order valence-corrected chi connectivity index (χ2v) is 5.16. The smallest absolute Gasteiger partial charge is 0.203 e. The van der Waals surface area contributed by atoms with Gasteiger partial charge in [0.1, 0.15) is 0 Å². The molecule has 1 aliphatic rings. The second kappa shape index (κ2) is 5.03. The molecule has 0 radical (unpaired) electrons. The Morgan fingerprint density at radius 1 is 1.42 bits per heavy atom. The van der Waals surface area contributed by atoms with Gasteiger partial charge in [-0.2, -0.15) is 0 Å².